The van der Waals surface area contributed by atoms with E-state index in [2.05, 4.69) is 17.2 Å². The molecule has 0 spiro atoms. The minimum absolute atomic E-state index is 0.617. The fraction of sp³-hybridized carbons (Fsp3) is 0.900. The molecular formula is C10H18N2S. The minimum Gasteiger partial charge on any atom is -0.364 e. The molecule has 1 heterocycles. The van der Waals surface area contributed by atoms with E-state index < -0.39 is 0 Å². The van der Waals surface area contributed by atoms with E-state index in [1.165, 1.54) is 36.6 Å². The largest absolute Gasteiger partial charge is 0.364 e. The Hall–Kier alpha value is -0.180. The molecule has 1 aliphatic heterocycles. The van der Waals surface area contributed by atoms with Gasteiger partial charge in [-0.2, -0.15) is 0 Å². The summed E-state index contributed by atoms with van der Waals surface area (Å²) in [6, 6.07) is 0. The quantitative estimate of drug-likeness (QED) is 0.752. The number of aliphatic imine (C=N–C) groups is 1. The summed E-state index contributed by atoms with van der Waals surface area (Å²) in [6.45, 7) is 4.46. The number of nitrogens with zero attached hydrogens (tertiary/aromatic N) is 1. The summed E-state index contributed by atoms with van der Waals surface area (Å²) in [4.78, 5) is 4.40. The van der Waals surface area contributed by atoms with E-state index in [1.807, 2.05) is 11.8 Å². The maximum absolute atomic E-state index is 4.40. The highest BCUT2D eigenvalue weighted by Gasteiger charge is 2.34. The first-order valence-corrected chi connectivity index (χ1v) is 6.24. The third-order valence-electron chi connectivity index (χ3n) is 3.36. The second kappa shape index (κ2) is 3.91. The molecule has 1 saturated carbocycles. The van der Waals surface area contributed by atoms with Crippen molar-refractivity contribution in [1.82, 2.24) is 5.32 Å². The van der Waals surface area contributed by atoms with Crippen molar-refractivity contribution < 1.29 is 0 Å². The van der Waals surface area contributed by atoms with Crippen molar-refractivity contribution in [3.8, 4) is 0 Å². The Morgan fingerprint density at radius 2 is 2.38 bits per heavy atom. The van der Waals surface area contributed by atoms with Gasteiger partial charge in [-0.3, -0.25) is 4.99 Å². The molecule has 0 atom stereocenters. The van der Waals surface area contributed by atoms with Crippen molar-refractivity contribution in [2.75, 3.05) is 18.8 Å². The Morgan fingerprint density at radius 1 is 1.54 bits per heavy atom. The Bertz CT molecular complexity index is 203. The highest BCUT2D eigenvalue weighted by Crippen LogP contribution is 2.43. The zero-order valence-electron chi connectivity index (χ0n) is 8.31. The summed E-state index contributed by atoms with van der Waals surface area (Å²) in [5.74, 6) is 1.17. The smallest absolute Gasteiger partial charge is 0.156 e. The number of nitrogens with one attached hydrogen (secondary N) is 1. The minimum atomic E-state index is 0.617. The van der Waals surface area contributed by atoms with Gasteiger partial charge in [-0.25, -0.2) is 0 Å². The monoisotopic (exact) mass is 198 g/mol. The molecular weight excluding hydrogens is 180 g/mol. The molecule has 0 saturated heterocycles. The lowest BCUT2D eigenvalue weighted by molar-refractivity contribution is 0.132. The van der Waals surface area contributed by atoms with Crippen LogP contribution in [0.15, 0.2) is 4.99 Å². The van der Waals surface area contributed by atoms with Gasteiger partial charge in [0.1, 0.15) is 0 Å². The number of hydrogen-bond donors (Lipinski definition) is 1. The lowest BCUT2D eigenvalue weighted by atomic mass is 9.67. The number of rotatable bonds is 3. The van der Waals surface area contributed by atoms with Crippen LogP contribution < -0.4 is 5.32 Å². The summed E-state index contributed by atoms with van der Waals surface area (Å²) in [7, 11) is 0. The van der Waals surface area contributed by atoms with Crippen LogP contribution in [0.3, 0.4) is 0 Å². The van der Waals surface area contributed by atoms with Crippen LogP contribution in [0.2, 0.25) is 0 Å². The van der Waals surface area contributed by atoms with Crippen LogP contribution in [-0.2, 0) is 0 Å². The van der Waals surface area contributed by atoms with Crippen LogP contribution in [0.25, 0.3) is 0 Å². The number of amidine groups is 1. The Labute approximate surface area is 84.6 Å². The van der Waals surface area contributed by atoms with E-state index in [0.717, 1.165) is 13.1 Å². The van der Waals surface area contributed by atoms with Crippen molar-refractivity contribution in [3.63, 3.8) is 0 Å². The van der Waals surface area contributed by atoms with Crippen LogP contribution in [0.1, 0.15) is 32.6 Å². The van der Waals surface area contributed by atoms with E-state index >= 15 is 0 Å². The third-order valence-corrected chi connectivity index (χ3v) is 4.30. The van der Waals surface area contributed by atoms with Gasteiger partial charge in [0.2, 0.25) is 0 Å². The Kier molecular flexibility index (Phi) is 2.82. The number of thioether (sulfide) groups is 1. The summed E-state index contributed by atoms with van der Waals surface area (Å²) in [5.41, 5.74) is 0.617. The predicted molar refractivity (Wildman–Crippen MR) is 59.3 cm³/mol. The van der Waals surface area contributed by atoms with Crippen LogP contribution in [0.4, 0.5) is 0 Å². The van der Waals surface area contributed by atoms with E-state index in [-0.39, 0.29) is 0 Å². The van der Waals surface area contributed by atoms with Crippen molar-refractivity contribution in [2.45, 2.75) is 32.6 Å². The summed E-state index contributed by atoms with van der Waals surface area (Å²) >= 11 is 1.87. The zero-order valence-corrected chi connectivity index (χ0v) is 9.12. The van der Waals surface area contributed by atoms with Crippen molar-refractivity contribution in [1.29, 1.82) is 0 Å². The molecule has 1 aliphatic carbocycles. The van der Waals surface area contributed by atoms with Gasteiger partial charge in [-0.15, -0.1) is 0 Å². The standard InChI is InChI=1S/C10H18N2S/c1-2-10(4-3-5-10)8-12-9-11-6-7-13-9/h2-8H2,1H3,(H,11,12). The van der Waals surface area contributed by atoms with Gasteiger partial charge in [-0.1, -0.05) is 25.1 Å². The molecule has 1 N–H and O–H groups in total. The summed E-state index contributed by atoms with van der Waals surface area (Å²) in [5, 5.41) is 4.67. The fourth-order valence-corrected chi connectivity index (χ4v) is 2.77. The first-order valence-electron chi connectivity index (χ1n) is 5.26. The molecule has 2 aliphatic rings. The van der Waals surface area contributed by atoms with Crippen molar-refractivity contribution in [3.05, 3.63) is 0 Å². The third kappa shape index (κ3) is 2.01. The predicted octanol–water partition coefficient (Wildman–Crippen LogP) is 2.26. The maximum Gasteiger partial charge on any atom is 0.156 e. The van der Waals surface area contributed by atoms with Crippen LogP contribution in [-0.4, -0.2) is 24.0 Å². The summed E-state index contributed by atoms with van der Waals surface area (Å²) in [6.07, 6.45) is 5.57. The van der Waals surface area contributed by atoms with Gasteiger partial charge in [0, 0.05) is 12.3 Å². The molecule has 0 bridgehead atoms. The first-order chi connectivity index (χ1) is 6.35. The van der Waals surface area contributed by atoms with Gasteiger partial charge in [0.25, 0.3) is 0 Å². The van der Waals surface area contributed by atoms with Gasteiger partial charge in [0.15, 0.2) is 5.17 Å². The molecule has 13 heavy (non-hydrogen) atoms. The molecule has 2 nitrogen and oxygen atoms in total. The van der Waals surface area contributed by atoms with E-state index in [1.54, 1.807) is 0 Å². The molecule has 0 unspecified atom stereocenters. The maximum atomic E-state index is 4.40. The van der Waals surface area contributed by atoms with E-state index in [9.17, 15) is 0 Å². The van der Waals surface area contributed by atoms with E-state index in [4.69, 9.17) is 0 Å². The van der Waals surface area contributed by atoms with Crippen LogP contribution >= 0.6 is 11.8 Å². The molecule has 1 fully saturated rings. The molecule has 3 heteroatoms. The van der Waals surface area contributed by atoms with E-state index in [0.29, 0.717) is 5.41 Å². The van der Waals surface area contributed by atoms with Gasteiger partial charge >= 0.3 is 0 Å². The van der Waals surface area contributed by atoms with Gasteiger partial charge in [0.05, 0.1) is 6.54 Å². The molecule has 2 rings (SSSR count). The molecule has 0 aromatic heterocycles. The average molecular weight is 198 g/mol. The molecule has 0 amide bonds. The zero-order chi connectivity index (χ0) is 9.15. The van der Waals surface area contributed by atoms with Crippen molar-refractivity contribution in [2.24, 2.45) is 10.4 Å². The fourth-order valence-electron chi connectivity index (χ4n) is 2.04. The second-order valence-electron chi connectivity index (χ2n) is 4.10. The topological polar surface area (TPSA) is 24.4 Å². The Balaban J connectivity index is 1.77. The van der Waals surface area contributed by atoms with Crippen LogP contribution in [0, 0.1) is 5.41 Å². The van der Waals surface area contributed by atoms with Crippen molar-refractivity contribution >= 4 is 16.9 Å². The molecule has 0 aromatic carbocycles. The average Bonchev–Trinajstić information content (AvgIpc) is 2.56. The Morgan fingerprint density at radius 3 is 2.85 bits per heavy atom. The molecule has 74 valence electrons. The first kappa shape index (κ1) is 9.38. The number of hydrogen-bond acceptors (Lipinski definition) is 3. The second-order valence-corrected chi connectivity index (χ2v) is 5.18. The van der Waals surface area contributed by atoms with Crippen LogP contribution in [0.5, 0.6) is 0 Å². The molecule has 0 aromatic rings. The SMILES string of the molecule is CCC1(CNC2=NCCS2)CCC1. The lowest BCUT2D eigenvalue weighted by Gasteiger charge is -2.41. The highest BCUT2D eigenvalue weighted by atomic mass is 32.2. The summed E-state index contributed by atoms with van der Waals surface area (Å²) < 4.78 is 0. The molecule has 0 radical (unpaired) electrons. The van der Waals surface area contributed by atoms with Gasteiger partial charge in [-0.05, 0) is 24.7 Å². The van der Waals surface area contributed by atoms with Gasteiger partial charge < -0.3 is 5.32 Å². The lowest BCUT2D eigenvalue weighted by Crippen LogP contribution is -2.40. The normalized spacial score (nSPS) is 25.2. The highest BCUT2D eigenvalue weighted by molar-refractivity contribution is 8.14.